The van der Waals surface area contributed by atoms with Gasteiger partial charge in [0, 0.05) is 19.5 Å². The fourth-order valence-corrected chi connectivity index (χ4v) is 2.53. The van der Waals surface area contributed by atoms with Crippen molar-refractivity contribution in [2.75, 3.05) is 26.2 Å². The van der Waals surface area contributed by atoms with E-state index in [-0.39, 0.29) is 5.91 Å². The molecule has 0 aromatic carbocycles. The Morgan fingerprint density at radius 1 is 1.31 bits per heavy atom. The molecule has 1 amide bonds. The minimum absolute atomic E-state index is 0.203. The lowest BCUT2D eigenvalue weighted by atomic mass is 10.0. The van der Waals surface area contributed by atoms with Gasteiger partial charge in [-0.1, -0.05) is 6.42 Å². The largest absolute Gasteiger partial charge is 0.316 e. The van der Waals surface area contributed by atoms with Crippen LogP contribution in [0, 0.1) is 5.92 Å². The highest BCUT2D eigenvalue weighted by Gasteiger charge is 2.17. The topological polar surface area (TPSA) is 44.4 Å². The van der Waals surface area contributed by atoms with Gasteiger partial charge in [-0.15, -0.1) is 0 Å². The van der Waals surface area contributed by atoms with Gasteiger partial charge in [-0.3, -0.25) is 10.2 Å². The summed E-state index contributed by atoms with van der Waals surface area (Å²) in [7, 11) is 0. The summed E-state index contributed by atoms with van der Waals surface area (Å²) >= 11 is 0. The van der Waals surface area contributed by atoms with E-state index < -0.39 is 0 Å². The van der Waals surface area contributed by atoms with E-state index in [4.69, 9.17) is 0 Å². The second-order valence-corrected chi connectivity index (χ2v) is 4.98. The maximum atomic E-state index is 11.7. The van der Waals surface area contributed by atoms with E-state index >= 15 is 0 Å². The molecule has 0 spiro atoms. The van der Waals surface area contributed by atoms with E-state index in [1.807, 2.05) is 0 Å². The van der Waals surface area contributed by atoms with Crippen LogP contribution in [0.2, 0.25) is 0 Å². The Morgan fingerprint density at radius 2 is 2.12 bits per heavy atom. The lowest BCUT2D eigenvalue weighted by Crippen LogP contribution is -2.45. The van der Waals surface area contributed by atoms with Crippen LogP contribution in [-0.2, 0) is 4.79 Å². The SMILES string of the molecule is O=C(CCC1CCNC1)NN1CCCCC1. The Bertz CT molecular complexity index is 220. The molecular weight excluding hydrogens is 202 g/mol. The van der Waals surface area contributed by atoms with Crippen LogP contribution in [0.3, 0.4) is 0 Å². The van der Waals surface area contributed by atoms with Gasteiger partial charge in [0.15, 0.2) is 0 Å². The normalized spacial score (nSPS) is 26.9. The van der Waals surface area contributed by atoms with Gasteiger partial charge in [-0.05, 0) is 44.7 Å². The minimum atomic E-state index is 0.203. The highest BCUT2D eigenvalue weighted by Crippen LogP contribution is 2.14. The lowest BCUT2D eigenvalue weighted by molar-refractivity contribution is -0.126. The number of hydrogen-bond acceptors (Lipinski definition) is 3. The number of nitrogens with one attached hydrogen (secondary N) is 2. The average molecular weight is 225 g/mol. The van der Waals surface area contributed by atoms with Gasteiger partial charge < -0.3 is 5.32 Å². The van der Waals surface area contributed by atoms with E-state index in [0.29, 0.717) is 12.3 Å². The Morgan fingerprint density at radius 3 is 2.81 bits per heavy atom. The van der Waals surface area contributed by atoms with Gasteiger partial charge in [-0.25, -0.2) is 5.01 Å². The Hall–Kier alpha value is -0.610. The van der Waals surface area contributed by atoms with Crippen molar-refractivity contribution in [2.45, 2.75) is 38.5 Å². The first-order chi connectivity index (χ1) is 7.84. The Balaban J connectivity index is 1.59. The number of carbonyl (C=O) groups is 1. The third-order valence-electron chi connectivity index (χ3n) is 3.58. The van der Waals surface area contributed by atoms with Crippen molar-refractivity contribution in [2.24, 2.45) is 5.92 Å². The predicted molar refractivity (Wildman–Crippen MR) is 63.8 cm³/mol. The van der Waals surface area contributed by atoms with Crippen molar-refractivity contribution in [1.29, 1.82) is 0 Å². The maximum absolute atomic E-state index is 11.7. The molecule has 1 atom stereocenters. The van der Waals surface area contributed by atoms with Gasteiger partial charge in [0.25, 0.3) is 0 Å². The third-order valence-corrected chi connectivity index (χ3v) is 3.58. The van der Waals surface area contributed by atoms with E-state index in [2.05, 4.69) is 15.8 Å². The second-order valence-electron chi connectivity index (χ2n) is 4.98. The van der Waals surface area contributed by atoms with Crippen molar-refractivity contribution in [1.82, 2.24) is 15.8 Å². The highest BCUT2D eigenvalue weighted by atomic mass is 16.2. The summed E-state index contributed by atoms with van der Waals surface area (Å²) in [6, 6.07) is 0. The van der Waals surface area contributed by atoms with Crippen molar-refractivity contribution in [3.8, 4) is 0 Å². The summed E-state index contributed by atoms with van der Waals surface area (Å²) < 4.78 is 0. The lowest BCUT2D eigenvalue weighted by Gasteiger charge is -2.26. The standard InChI is InChI=1S/C12H23N3O/c16-12(5-4-11-6-7-13-10-11)14-15-8-2-1-3-9-15/h11,13H,1-10H2,(H,14,16). The summed E-state index contributed by atoms with van der Waals surface area (Å²) in [5.41, 5.74) is 3.02. The van der Waals surface area contributed by atoms with E-state index in [1.165, 1.54) is 25.7 Å². The van der Waals surface area contributed by atoms with Crippen LogP contribution in [0.4, 0.5) is 0 Å². The fraction of sp³-hybridized carbons (Fsp3) is 0.917. The summed E-state index contributed by atoms with van der Waals surface area (Å²) in [6.07, 6.45) is 6.69. The second kappa shape index (κ2) is 6.21. The number of piperidine rings is 1. The Kier molecular flexibility index (Phi) is 4.60. The van der Waals surface area contributed by atoms with E-state index in [0.717, 1.165) is 32.6 Å². The molecule has 0 aromatic rings. The Labute approximate surface area is 97.7 Å². The average Bonchev–Trinajstić information content (AvgIpc) is 2.81. The molecule has 4 heteroatoms. The molecule has 1 unspecified atom stereocenters. The zero-order valence-electron chi connectivity index (χ0n) is 10.0. The molecule has 2 fully saturated rings. The number of rotatable bonds is 4. The molecule has 2 aliphatic heterocycles. The van der Waals surface area contributed by atoms with Crippen LogP contribution in [0.1, 0.15) is 38.5 Å². The third kappa shape index (κ3) is 3.76. The molecule has 0 aromatic heterocycles. The van der Waals surface area contributed by atoms with Crippen molar-refractivity contribution < 1.29 is 4.79 Å². The van der Waals surface area contributed by atoms with Crippen LogP contribution >= 0.6 is 0 Å². The summed E-state index contributed by atoms with van der Waals surface area (Å²) in [5.74, 6) is 0.918. The van der Waals surface area contributed by atoms with Gasteiger partial charge in [0.2, 0.25) is 5.91 Å². The van der Waals surface area contributed by atoms with Crippen LogP contribution < -0.4 is 10.7 Å². The molecular formula is C12H23N3O. The van der Waals surface area contributed by atoms with Crippen molar-refractivity contribution in [3.05, 3.63) is 0 Å². The van der Waals surface area contributed by atoms with Crippen LogP contribution in [0.25, 0.3) is 0 Å². The van der Waals surface area contributed by atoms with Gasteiger partial charge >= 0.3 is 0 Å². The first-order valence-corrected chi connectivity index (χ1v) is 6.60. The van der Waals surface area contributed by atoms with E-state index in [1.54, 1.807) is 0 Å². The molecule has 2 saturated heterocycles. The number of hydrazine groups is 1. The monoisotopic (exact) mass is 225 g/mol. The molecule has 0 saturated carbocycles. The molecule has 2 rings (SSSR count). The molecule has 0 bridgehead atoms. The van der Waals surface area contributed by atoms with Crippen LogP contribution in [0.15, 0.2) is 0 Å². The maximum Gasteiger partial charge on any atom is 0.234 e. The summed E-state index contributed by atoms with van der Waals surface area (Å²) in [4.78, 5) is 11.7. The molecule has 0 radical (unpaired) electrons. The van der Waals surface area contributed by atoms with Gasteiger partial charge in [0.1, 0.15) is 0 Å². The molecule has 92 valence electrons. The summed E-state index contributed by atoms with van der Waals surface area (Å²) in [6.45, 7) is 4.27. The number of carbonyl (C=O) groups excluding carboxylic acids is 1. The summed E-state index contributed by atoms with van der Waals surface area (Å²) in [5, 5.41) is 5.42. The van der Waals surface area contributed by atoms with Crippen molar-refractivity contribution >= 4 is 5.91 Å². The van der Waals surface area contributed by atoms with Gasteiger partial charge in [0.05, 0.1) is 0 Å². The fourth-order valence-electron chi connectivity index (χ4n) is 2.53. The molecule has 2 aliphatic rings. The zero-order chi connectivity index (χ0) is 11.2. The highest BCUT2D eigenvalue weighted by molar-refractivity contribution is 5.75. The minimum Gasteiger partial charge on any atom is -0.316 e. The van der Waals surface area contributed by atoms with Gasteiger partial charge in [-0.2, -0.15) is 0 Å². The molecule has 0 aliphatic carbocycles. The molecule has 4 nitrogen and oxygen atoms in total. The van der Waals surface area contributed by atoms with Crippen molar-refractivity contribution in [3.63, 3.8) is 0 Å². The van der Waals surface area contributed by atoms with E-state index in [9.17, 15) is 4.79 Å². The van der Waals surface area contributed by atoms with Crippen LogP contribution in [0.5, 0.6) is 0 Å². The zero-order valence-corrected chi connectivity index (χ0v) is 10.0. The molecule has 2 heterocycles. The van der Waals surface area contributed by atoms with Crippen LogP contribution in [-0.4, -0.2) is 37.1 Å². The first kappa shape index (κ1) is 11.9. The number of amides is 1. The number of nitrogens with zero attached hydrogens (tertiary/aromatic N) is 1. The first-order valence-electron chi connectivity index (χ1n) is 6.60. The molecule has 16 heavy (non-hydrogen) atoms. The smallest absolute Gasteiger partial charge is 0.234 e. The molecule has 2 N–H and O–H groups in total. The predicted octanol–water partition coefficient (Wildman–Crippen LogP) is 0.893. The number of hydrogen-bond donors (Lipinski definition) is 2. The quantitative estimate of drug-likeness (QED) is 0.747.